The van der Waals surface area contributed by atoms with E-state index in [1.165, 1.54) is 6.33 Å². The van der Waals surface area contributed by atoms with Crippen molar-refractivity contribution in [2.75, 3.05) is 5.32 Å². The SMILES string of the molecule is Clc1cccc(Cl)c1[C@@H]1C=C(c2ccc(Br)cc2)Nc2ncnn21. The average Bonchev–Trinajstić information content (AvgIpc) is 3.04. The lowest BCUT2D eigenvalue weighted by Crippen LogP contribution is -2.20. The van der Waals surface area contributed by atoms with E-state index >= 15 is 0 Å². The van der Waals surface area contributed by atoms with Crippen molar-refractivity contribution < 1.29 is 0 Å². The van der Waals surface area contributed by atoms with Crippen LogP contribution in [0.4, 0.5) is 5.95 Å². The van der Waals surface area contributed by atoms with E-state index in [1.807, 2.05) is 42.5 Å². The van der Waals surface area contributed by atoms with E-state index in [-0.39, 0.29) is 6.04 Å². The van der Waals surface area contributed by atoms with Crippen LogP contribution in [-0.2, 0) is 0 Å². The summed E-state index contributed by atoms with van der Waals surface area (Å²) in [5.41, 5.74) is 2.79. The second-order valence-electron chi connectivity index (χ2n) is 5.32. The van der Waals surface area contributed by atoms with Gasteiger partial charge in [0, 0.05) is 25.8 Å². The number of hydrogen-bond acceptors (Lipinski definition) is 3. The zero-order valence-corrected chi connectivity index (χ0v) is 15.3. The summed E-state index contributed by atoms with van der Waals surface area (Å²) in [6.45, 7) is 0. The van der Waals surface area contributed by atoms with Crippen molar-refractivity contribution in [3.05, 3.63) is 80.5 Å². The summed E-state index contributed by atoms with van der Waals surface area (Å²) in [5, 5.41) is 8.81. The second-order valence-corrected chi connectivity index (χ2v) is 7.05. The summed E-state index contributed by atoms with van der Waals surface area (Å²) in [5.74, 6) is 0.649. The molecular weight excluding hydrogens is 411 g/mol. The minimum atomic E-state index is -0.233. The first-order valence-electron chi connectivity index (χ1n) is 7.21. The smallest absolute Gasteiger partial charge is 0.226 e. The molecule has 0 saturated carbocycles. The Bertz CT molecular complexity index is 914. The molecule has 3 aromatic rings. The summed E-state index contributed by atoms with van der Waals surface area (Å²) in [6.07, 6.45) is 3.57. The molecule has 7 heteroatoms. The van der Waals surface area contributed by atoms with Gasteiger partial charge >= 0.3 is 0 Å². The maximum Gasteiger partial charge on any atom is 0.226 e. The van der Waals surface area contributed by atoms with E-state index in [9.17, 15) is 0 Å². The van der Waals surface area contributed by atoms with Crippen LogP contribution in [0.1, 0.15) is 17.2 Å². The number of nitrogens with zero attached hydrogens (tertiary/aromatic N) is 3. The Morgan fingerprint density at radius 2 is 1.75 bits per heavy atom. The van der Waals surface area contributed by atoms with Gasteiger partial charge in [0.15, 0.2) is 0 Å². The van der Waals surface area contributed by atoms with Crippen molar-refractivity contribution in [3.8, 4) is 0 Å². The lowest BCUT2D eigenvalue weighted by atomic mass is 10.0. The largest absolute Gasteiger partial charge is 0.324 e. The molecule has 0 radical (unpaired) electrons. The normalized spacial score (nSPS) is 16.3. The molecule has 0 bridgehead atoms. The van der Waals surface area contributed by atoms with E-state index < -0.39 is 0 Å². The quantitative estimate of drug-likeness (QED) is 0.602. The van der Waals surface area contributed by atoms with Crippen LogP contribution in [0.25, 0.3) is 5.70 Å². The summed E-state index contributed by atoms with van der Waals surface area (Å²) in [6, 6.07) is 13.3. The third kappa shape index (κ3) is 2.73. The van der Waals surface area contributed by atoms with Crippen molar-refractivity contribution in [1.82, 2.24) is 14.8 Å². The average molecular weight is 422 g/mol. The Kier molecular flexibility index (Phi) is 4.08. The molecule has 1 aromatic heterocycles. The molecule has 4 rings (SSSR count). The molecule has 0 aliphatic carbocycles. The summed E-state index contributed by atoms with van der Waals surface area (Å²) in [4.78, 5) is 4.29. The molecule has 1 aliphatic heterocycles. The number of rotatable bonds is 2. The predicted molar refractivity (Wildman–Crippen MR) is 100 cm³/mol. The second kappa shape index (κ2) is 6.24. The predicted octanol–water partition coefficient (Wildman–Crippen LogP) is 5.40. The molecule has 1 atom stereocenters. The Hall–Kier alpha value is -1.82. The van der Waals surface area contributed by atoms with Gasteiger partial charge in [-0.1, -0.05) is 57.3 Å². The zero-order valence-electron chi connectivity index (χ0n) is 12.2. The van der Waals surface area contributed by atoms with Crippen LogP contribution in [0.2, 0.25) is 10.0 Å². The topological polar surface area (TPSA) is 42.7 Å². The standard InChI is InChI=1S/C17H11BrCl2N4/c18-11-6-4-10(5-7-11)14-8-15(24-17(23-14)21-9-22-24)16-12(19)2-1-3-13(16)20/h1-9,15H,(H,21,22,23)/t15-/m0/s1. The van der Waals surface area contributed by atoms with Gasteiger partial charge in [-0.3, -0.25) is 0 Å². The van der Waals surface area contributed by atoms with E-state index in [4.69, 9.17) is 23.2 Å². The Morgan fingerprint density at radius 1 is 1.04 bits per heavy atom. The lowest BCUT2D eigenvalue weighted by molar-refractivity contribution is 0.612. The molecule has 120 valence electrons. The van der Waals surface area contributed by atoms with Crippen LogP contribution in [0.15, 0.2) is 59.3 Å². The number of anilines is 1. The number of aromatic nitrogens is 3. The van der Waals surface area contributed by atoms with Gasteiger partial charge in [0.05, 0.1) is 0 Å². The number of halogens is 3. The van der Waals surface area contributed by atoms with Crippen LogP contribution in [0.5, 0.6) is 0 Å². The van der Waals surface area contributed by atoms with Crippen LogP contribution in [0.3, 0.4) is 0 Å². The molecule has 2 aromatic carbocycles. The van der Waals surface area contributed by atoms with E-state index in [1.54, 1.807) is 4.68 Å². The molecule has 0 saturated heterocycles. The van der Waals surface area contributed by atoms with Crippen LogP contribution < -0.4 is 5.32 Å². The van der Waals surface area contributed by atoms with E-state index in [0.29, 0.717) is 16.0 Å². The number of nitrogens with one attached hydrogen (secondary N) is 1. The van der Waals surface area contributed by atoms with Crippen LogP contribution in [-0.4, -0.2) is 14.8 Å². The van der Waals surface area contributed by atoms with Gasteiger partial charge in [0.25, 0.3) is 0 Å². The Morgan fingerprint density at radius 3 is 2.46 bits per heavy atom. The third-order valence-corrected chi connectivity index (χ3v) is 5.05. The summed E-state index contributed by atoms with van der Waals surface area (Å²) in [7, 11) is 0. The van der Waals surface area contributed by atoms with Gasteiger partial charge in [0.2, 0.25) is 5.95 Å². The summed E-state index contributed by atoms with van der Waals surface area (Å²) >= 11 is 16.3. The first kappa shape index (κ1) is 15.7. The van der Waals surface area contributed by atoms with Gasteiger partial charge in [-0.15, -0.1) is 0 Å². The molecule has 0 spiro atoms. The lowest BCUT2D eigenvalue weighted by Gasteiger charge is -2.25. The molecule has 0 fully saturated rings. The number of benzene rings is 2. The van der Waals surface area contributed by atoms with E-state index in [0.717, 1.165) is 21.3 Å². The van der Waals surface area contributed by atoms with E-state index in [2.05, 4.69) is 37.4 Å². The first-order chi connectivity index (χ1) is 11.6. The molecule has 0 amide bonds. The highest BCUT2D eigenvalue weighted by molar-refractivity contribution is 9.10. The number of fused-ring (bicyclic) bond motifs is 1. The van der Waals surface area contributed by atoms with Gasteiger partial charge in [-0.25, -0.2) is 4.68 Å². The Labute approximate surface area is 157 Å². The highest BCUT2D eigenvalue weighted by Gasteiger charge is 2.26. The zero-order chi connectivity index (χ0) is 16.7. The van der Waals surface area contributed by atoms with Crippen LogP contribution in [0, 0.1) is 0 Å². The molecule has 1 N–H and O–H groups in total. The number of allylic oxidation sites excluding steroid dienone is 1. The van der Waals surface area contributed by atoms with Gasteiger partial charge in [-0.05, 0) is 35.9 Å². The first-order valence-corrected chi connectivity index (χ1v) is 8.76. The molecule has 2 heterocycles. The van der Waals surface area contributed by atoms with Crippen molar-refractivity contribution in [2.24, 2.45) is 0 Å². The van der Waals surface area contributed by atoms with Crippen molar-refractivity contribution >= 4 is 50.8 Å². The Balaban J connectivity index is 1.87. The molecule has 4 nitrogen and oxygen atoms in total. The maximum atomic E-state index is 6.41. The molecule has 24 heavy (non-hydrogen) atoms. The van der Waals surface area contributed by atoms with Crippen LogP contribution >= 0.6 is 39.1 Å². The molecular formula is C17H11BrCl2N4. The van der Waals surface area contributed by atoms with Gasteiger partial charge in [0.1, 0.15) is 12.4 Å². The van der Waals surface area contributed by atoms with Crippen molar-refractivity contribution in [2.45, 2.75) is 6.04 Å². The molecule has 0 unspecified atom stereocenters. The van der Waals surface area contributed by atoms with Gasteiger partial charge < -0.3 is 5.32 Å². The highest BCUT2D eigenvalue weighted by atomic mass is 79.9. The minimum Gasteiger partial charge on any atom is -0.324 e. The maximum absolute atomic E-state index is 6.41. The van der Waals surface area contributed by atoms with Crippen molar-refractivity contribution in [3.63, 3.8) is 0 Å². The summed E-state index contributed by atoms with van der Waals surface area (Å²) < 4.78 is 2.80. The number of hydrogen-bond donors (Lipinski definition) is 1. The highest BCUT2D eigenvalue weighted by Crippen LogP contribution is 2.38. The minimum absolute atomic E-state index is 0.233. The third-order valence-electron chi connectivity index (χ3n) is 3.86. The molecule has 1 aliphatic rings. The monoisotopic (exact) mass is 420 g/mol. The fourth-order valence-electron chi connectivity index (χ4n) is 2.73. The fourth-order valence-corrected chi connectivity index (χ4v) is 3.62. The fraction of sp³-hybridized carbons (Fsp3) is 0.0588. The van der Waals surface area contributed by atoms with Gasteiger partial charge in [-0.2, -0.15) is 10.1 Å². The van der Waals surface area contributed by atoms with Crippen molar-refractivity contribution in [1.29, 1.82) is 0 Å².